The van der Waals surface area contributed by atoms with Crippen molar-refractivity contribution in [3.63, 3.8) is 0 Å². The van der Waals surface area contributed by atoms with E-state index in [-0.39, 0.29) is 0 Å². The molecular formula is C16H31N5. The Morgan fingerprint density at radius 2 is 1.67 bits per heavy atom. The summed E-state index contributed by atoms with van der Waals surface area (Å²) in [5.41, 5.74) is 2.07. The Hall–Kier alpha value is -1.23. The average molecular weight is 293 g/mol. The molecule has 0 aromatic carbocycles. The topological polar surface area (TPSA) is 53.9 Å². The van der Waals surface area contributed by atoms with Crippen molar-refractivity contribution >= 4 is 5.95 Å². The largest absolute Gasteiger partial charge is 0.350 e. The van der Waals surface area contributed by atoms with Crippen LogP contribution in [0.25, 0.3) is 0 Å². The fraction of sp³-hybridized carbons (Fsp3) is 0.812. The Morgan fingerprint density at radius 1 is 1.00 bits per heavy atom. The maximum atomic E-state index is 4.58. The maximum Gasteiger partial charge on any atom is 0.243 e. The second-order valence-corrected chi connectivity index (χ2v) is 5.45. The number of hydrogen-bond donors (Lipinski definition) is 1. The van der Waals surface area contributed by atoms with Crippen LogP contribution >= 0.6 is 0 Å². The molecule has 5 heteroatoms. The molecule has 1 aromatic heterocycles. The number of aromatic nitrogens is 3. The zero-order valence-corrected chi connectivity index (χ0v) is 14.3. The molecular weight excluding hydrogens is 262 g/mol. The lowest BCUT2D eigenvalue weighted by atomic mass is 10.2. The van der Waals surface area contributed by atoms with Gasteiger partial charge in [0.05, 0.1) is 11.4 Å². The molecule has 0 amide bonds. The molecule has 1 rings (SSSR count). The van der Waals surface area contributed by atoms with Gasteiger partial charge in [-0.2, -0.15) is 5.10 Å². The van der Waals surface area contributed by atoms with E-state index in [1.54, 1.807) is 0 Å². The lowest BCUT2D eigenvalue weighted by Gasteiger charge is -2.19. The van der Waals surface area contributed by atoms with E-state index in [9.17, 15) is 0 Å². The molecule has 0 spiro atoms. The molecule has 1 N–H and O–H groups in total. The van der Waals surface area contributed by atoms with Gasteiger partial charge in [-0.15, -0.1) is 5.10 Å². The lowest BCUT2D eigenvalue weighted by Crippen LogP contribution is -2.26. The van der Waals surface area contributed by atoms with Crippen molar-refractivity contribution in [3.8, 4) is 0 Å². The molecule has 0 saturated heterocycles. The van der Waals surface area contributed by atoms with Gasteiger partial charge in [-0.05, 0) is 52.2 Å². The van der Waals surface area contributed by atoms with E-state index >= 15 is 0 Å². The molecule has 5 nitrogen and oxygen atoms in total. The van der Waals surface area contributed by atoms with Gasteiger partial charge < -0.3 is 10.2 Å². The van der Waals surface area contributed by atoms with Gasteiger partial charge in [-0.25, -0.2) is 4.98 Å². The summed E-state index contributed by atoms with van der Waals surface area (Å²) >= 11 is 0. The van der Waals surface area contributed by atoms with Crippen molar-refractivity contribution in [2.24, 2.45) is 0 Å². The first-order valence-corrected chi connectivity index (χ1v) is 8.35. The van der Waals surface area contributed by atoms with Gasteiger partial charge in [-0.1, -0.05) is 27.7 Å². The van der Waals surface area contributed by atoms with Crippen molar-refractivity contribution in [2.75, 3.05) is 25.0 Å². The molecule has 1 unspecified atom stereocenters. The molecule has 0 aliphatic heterocycles. The number of hydrogen-bond acceptors (Lipinski definition) is 5. The molecule has 0 radical (unpaired) electrons. The van der Waals surface area contributed by atoms with Gasteiger partial charge in [0.15, 0.2) is 0 Å². The maximum absolute atomic E-state index is 4.58. The molecule has 1 aromatic rings. The Kier molecular flexibility index (Phi) is 8.20. The van der Waals surface area contributed by atoms with Crippen LogP contribution in [0.3, 0.4) is 0 Å². The van der Waals surface area contributed by atoms with Crippen LogP contribution in [-0.2, 0) is 12.8 Å². The minimum absolute atomic E-state index is 0.375. The van der Waals surface area contributed by atoms with Gasteiger partial charge in [0.25, 0.3) is 0 Å². The SMILES string of the molecule is CCc1nnc(NC(C)CCCN(CC)CC)nc1CC. The van der Waals surface area contributed by atoms with Gasteiger partial charge in [0.1, 0.15) is 0 Å². The van der Waals surface area contributed by atoms with E-state index in [4.69, 9.17) is 0 Å². The third-order valence-electron chi connectivity index (χ3n) is 3.89. The quantitative estimate of drug-likeness (QED) is 0.719. The standard InChI is InChI=1S/C16H31N5/c1-6-14-15(7-2)19-20-16(18-14)17-13(5)11-10-12-21(8-3)9-4/h13H,6-12H2,1-5H3,(H,17,18,20). The van der Waals surface area contributed by atoms with E-state index in [1.165, 1.54) is 6.42 Å². The highest BCUT2D eigenvalue weighted by Crippen LogP contribution is 2.09. The Balaban J connectivity index is 2.45. The predicted octanol–water partition coefficient (Wildman–Crippen LogP) is 2.92. The zero-order chi connectivity index (χ0) is 15.7. The first kappa shape index (κ1) is 17.8. The van der Waals surface area contributed by atoms with E-state index < -0.39 is 0 Å². The van der Waals surface area contributed by atoms with Crippen LogP contribution in [-0.4, -0.2) is 45.8 Å². The highest BCUT2D eigenvalue weighted by Gasteiger charge is 2.09. The molecule has 0 aliphatic rings. The normalized spacial score (nSPS) is 12.7. The fourth-order valence-corrected chi connectivity index (χ4v) is 2.45. The van der Waals surface area contributed by atoms with Crippen LogP contribution in [0.15, 0.2) is 0 Å². The summed E-state index contributed by atoms with van der Waals surface area (Å²) in [6.07, 6.45) is 4.11. The van der Waals surface area contributed by atoms with Gasteiger partial charge >= 0.3 is 0 Å². The smallest absolute Gasteiger partial charge is 0.243 e. The van der Waals surface area contributed by atoms with E-state index in [2.05, 4.69) is 60.0 Å². The van der Waals surface area contributed by atoms with Crippen molar-refractivity contribution in [1.29, 1.82) is 0 Å². The Morgan fingerprint density at radius 3 is 2.24 bits per heavy atom. The Labute approximate surface area is 129 Å². The van der Waals surface area contributed by atoms with Gasteiger partial charge in [-0.3, -0.25) is 0 Å². The first-order valence-electron chi connectivity index (χ1n) is 8.35. The van der Waals surface area contributed by atoms with Crippen molar-refractivity contribution < 1.29 is 0 Å². The minimum atomic E-state index is 0.375. The minimum Gasteiger partial charge on any atom is -0.350 e. The molecule has 1 atom stereocenters. The third-order valence-corrected chi connectivity index (χ3v) is 3.89. The van der Waals surface area contributed by atoms with Crippen LogP contribution in [0.2, 0.25) is 0 Å². The second kappa shape index (κ2) is 9.66. The van der Waals surface area contributed by atoms with E-state index in [0.717, 1.165) is 50.3 Å². The Bertz CT molecular complexity index is 404. The number of anilines is 1. The summed E-state index contributed by atoms with van der Waals surface area (Å²) in [5.74, 6) is 0.666. The molecule has 0 saturated carbocycles. The fourth-order valence-electron chi connectivity index (χ4n) is 2.45. The summed E-state index contributed by atoms with van der Waals surface area (Å²) in [6, 6.07) is 0.375. The number of rotatable bonds is 10. The molecule has 1 heterocycles. The summed E-state index contributed by atoms with van der Waals surface area (Å²) in [6.45, 7) is 14.2. The second-order valence-electron chi connectivity index (χ2n) is 5.45. The molecule has 0 fully saturated rings. The van der Waals surface area contributed by atoms with E-state index in [0.29, 0.717) is 12.0 Å². The molecule has 21 heavy (non-hydrogen) atoms. The third kappa shape index (κ3) is 5.96. The average Bonchev–Trinajstić information content (AvgIpc) is 2.51. The van der Waals surface area contributed by atoms with Crippen molar-refractivity contribution in [2.45, 2.75) is 66.3 Å². The van der Waals surface area contributed by atoms with E-state index in [1.807, 2.05) is 0 Å². The number of nitrogens with zero attached hydrogens (tertiary/aromatic N) is 4. The predicted molar refractivity (Wildman–Crippen MR) is 88.7 cm³/mol. The van der Waals surface area contributed by atoms with Crippen molar-refractivity contribution in [1.82, 2.24) is 20.1 Å². The molecule has 120 valence electrons. The number of nitrogens with one attached hydrogen (secondary N) is 1. The summed E-state index contributed by atoms with van der Waals surface area (Å²) in [5, 5.41) is 11.8. The number of aryl methyl sites for hydroxylation is 2. The first-order chi connectivity index (χ1) is 10.1. The van der Waals surface area contributed by atoms with Gasteiger partial charge in [0.2, 0.25) is 5.95 Å². The van der Waals surface area contributed by atoms with Crippen molar-refractivity contribution in [3.05, 3.63) is 11.4 Å². The van der Waals surface area contributed by atoms with Crippen LogP contribution < -0.4 is 5.32 Å². The summed E-state index contributed by atoms with van der Waals surface area (Å²) in [4.78, 5) is 7.04. The molecule has 0 aliphatic carbocycles. The van der Waals surface area contributed by atoms with Crippen LogP contribution in [0.4, 0.5) is 5.95 Å². The van der Waals surface area contributed by atoms with Gasteiger partial charge in [0, 0.05) is 6.04 Å². The monoisotopic (exact) mass is 293 g/mol. The zero-order valence-electron chi connectivity index (χ0n) is 14.3. The highest BCUT2D eigenvalue weighted by molar-refractivity contribution is 5.26. The summed E-state index contributed by atoms with van der Waals surface area (Å²) < 4.78 is 0. The lowest BCUT2D eigenvalue weighted by molar-refractivity contribution is 0.295. The van der Waals surface area contributed by atoms with Crippen LogP contribution in [0, 0.1) is 0 Å². The van der Waals surface area contributed by atoms with Crippen LogP contribution in [0.1, 0.15) is 58.8 Å². The summed E-state index contributed by atoms with van der Waals surface area (Å²) in [7, 11) is 0. The molecule has 0 bridgehead atoms. The van der Waals surface area contributed by atoms with Crippen LogP contribution in [0.5, 0.6) is 0 Å². The highest BCUT2D eigenvalue weighted by atomic mass is 15.2.